The fourth-order valence-corrected chi connectivity index (χ4v) is 7.87. The number of fused-ring (bicyclic) bond motifs is 7. The van der Waals surface area contributed by atoms with Gasteiger partial charge in [-0.15, -0.1) is 0 Å². The molecule has 248 valence electrons. The fraction of sp³-hybridized carbons (Fsp3) is 0.0625. The normalized spacial score (nSPS) is 11.2. The maximum Gasteiger partial charge on any atom is 0.145 e. The molecule has 5 nitrogen and oxygen atoms in total. The molecule has 0 N–H and O–H groups in total. The lowest BCUT2D eigenvalue weighted by Crippen LogP contribution is -1.96. The first kappa shape index (κ1) is 31.6. The van der Waals surface area contributed by atoms with E-state index < -0.39 is 0 Å². The molecule has 0 aliphatic carbocycles. The summed E-state index contributed by atoms with van der Waals surface area (Å²) >= 11 is 0. The quantitative estimate of drug-likeness (QED) is 0.175. The van der Waals surface area contributed by atoms with Crippen molar-refractivity contribution in [2.45, 2.75) is 19.8 Å². The first-order valence-corrected chi connectivity index (χ1v) is 17.6. The number of benzene rings is 7. The monoisotopic (exact) mass is 678 g/mol. The minimum Gasteiger partial charge on any atom is -0.455 e. The van der Waals surface area contributed by atoms with Crippen LogP contribution in [-0.4, -0.2) is 4.57 Å². The number of aromatic nitrogens is 1. The SMILES string of the molecule is Cc1ccc2c(oc3c2ccc2c3c3ccccc3n2-c2ccccc2)c1-c1ccccc1CCc1ccc(-c2cc(C#N)c(C#N)c(C#N)c2)cc1. The van der Waals surface area contributed by atoms with Crippen molar-refractivity contribution in [3.05, 3.63) is 173 Å². The Hall–Kier alpha value is -7.39. The summed E-state index contributed by atoms with van der Waals surface area (Å²) in [7, 11) is 0. The molecule has 0 spiro atoms. The number of para-hydroxylation sites is 2. The molecular formula is C48H30N4O. The molecule has 0 fully saturated rings. The largest absolute Gasteiger partial charge is 0.455 e. The molecule has 0 unspecified atom stereocenters. The lowest BCUT2D eigenvalue weighted by molar-refractivity contribution is 0.673. The molecule has 9 aromatic rings. The highest BCUT2D eigenvalue weighted by molar-refractivity contribution is 6.24. The van der Waals surface area contributed by atoms with E-state index in [9.17, 15) is 15.8 Å². The number of hydrogen-bond donors (Lipinski definition) is 0. The number of furan rings is 1. The highest BCUT2D eigenvalue weighted by atomic mass is 16.3. The number of aryl methyl sites for hydroxylation is 3. The molecule has 2 aromatic heterocycles. The average molecular weight is 679 g/mol. The molecule has 0 amide bonds. The minimum atomic E-state index is 0.117. The van der Waals surface area contributed by atoms with Gasteiger partial charge in [-0.05, 0) is 95.6 Å². The van der Waals surface area contributed by atoms with Crippen molar-refractivity contribution in [1.82, 2.24) is 4.57 Å². The molecule has 7 aromatic carbocycles. The molecule has 0 radical (unpaired) electrons. The zero-order valence-electron chi connectivity index (χ0n) is 28.9. The van der Waals surface area contributed by atoms with Crippen molar-refractivity contribution >= 4 is 43.7 Å². The third kappa shape index (κ3) is 5.13. The van der Waals surface area contributed by atoms with Crippen molar-refractivity contribution in [3.63, 3.8) is 0 Å². The molecule has 2 heterocycles. The Kier molecular flexibility index (Phi) is 7.59. The smallest absolute Gasteiger partial charge is 0.145 e. The van der Waals surface area contributed by atoms with Crippen LogP contribution in [0, 0.1) is 40.9 Å². The van der Waals surface area contributed by atoms with Gasteiger partial charge in [-0.25, -0.2) is 0 Å². The molecule has 0 saturated carbocycles. The van der Waals surface area contributed by atoms with Gasteiger partial charge in [-0.3, -0.25) is 0 Å². The second kappa shape index (κ2) is 12.7. The predicted octanol–water partition coefficient (Wildman–Crippen LogP) is 11.7. The van der Waals surface area contributed by atoms with Crippen LogP contribution in [0.1, 0.15) is 33.4 Å². The van der Waals surface area contributed by atoms with E-state index in [1.54, 1.807) is 12.1 Å². The standard InChI is InChI=1S/C48H30N4O/c1-30-15-22-39-40-23-24-44-46(41-13-7-8-14-43(41)52(44)37-10-3-2-4-11-37)48(40)53-47(39)45(30)38-12-6-5-9-33(38)21-18-31-16-19-32(20-17-31)34-25-35(27-49)42(29-51)36(26-34)28-50/h2-17,19-20,22-26H,18,21H2,1H3. The molecule has 0 aliphatic heterocycles. The maximum atomic E-state index is 9.58. The first-order valence-electron chi connectivity index (χ1n) is 17.6. The number of nitriles is 3. The Balaban J connectivity index is 1.11. The van der Waals surface area contributed by atoms with Crippen molar-refractivity contribution in [2.75, 3.05) is 0 Å². The molecule has 5 heteroatoms. The van der Waals surface area contributed by atoms with E-state index in [0.29, 0.717) is 0 Å². The Morgan fingerprint density at radius 2 is 1.25 bits per heavy atom. The minimum absolute atomic E-state index is 0.117. The van der Waals surface area contributed by atoms with E-state index in [2.05, 4.69) is 133 Å². The van der Waals surface area contributed by atoms with Crippen LogP contribution >= 0.6 is 0 Å². The summed E-state index contributed by atoms with van der Waals surface area (Å²) in [5.41, 5.74) is 13.2. The zero-order valence-corrected chi connectivity index (χ0v) is 28.9. The third-order valence-electron chi connectivity index (χ3n) is 10.4. The zero-order chi connectivity index (χ0) is 36.1. The van der Waals surface area contributed by atoms with E-state index in [1.807, 2.05) is 24.3 Å². The molecule has 9 rings (SSSR count). The van der Waals surface area contributed by atoms with Gasteiger partial charge in [0, 0.05) is 27.4 Å². The first-order chi connectivity index (χ1) is 26.1. The van der Waals surface area contributed by atoms with E-state index in [1.165, 1.54) is 16.7 Å². The Morgan fingerprint density at radius 3 is 2.00 bits per heavy atom. The molecule has 0 bridgehead atoms. The van der Waals surface area contributed by atoms with Crippen LogP contribution in [0.2, 0.25) is 0 Å². The van der Waals surface area contributed by atoms with E-state index >= 15 is 0 Å². The van der Waals surface area contributed by atoms with Crippen LogP contribution in [0.25, 0.3) is 71.7 Å². The number of nitrogens with zero attached hydrogens (tertiary/aromatic N) is 4. The Labute approximate surface area is 306 Å². The molecule has 0 aliphatic rings. The highest BCUT2D eigenvalue weighted by Gasteiger charge is 2.22. The molecule has 0 atom stereocenters. The summed E-state index contributed by atoms with van der Waals surface area (Å²) in [6.45, 7) is 2.16. The summed E-state index contributed by atoms with van der Waals surface area (Å²) in [6, 6.07) is 54.2. The second-order valence-electron chi connectivity index (χ2n) is 13.4. The number of hydrogen-bond acceptors (Lipinski definition) is 4. The van der Waals surface area contributed by atoms with Gasteiger partial charge in [0.2, 0.25) is 0 Å². The van der Waals surface area contributed by atoms with Gasteiger partial charge in [0.1, 0.15) is 29.4 Å². The van der Waals surface area contributed by atoms with Crippen LogP contribution in [0.5, 0.6) is 0 Å². The molecule has 53 heavy (non-hydrogen) atoms. The maximum absolute atomic E-state index is 9.58. The van der Waals surface area contributed by atoms with Crippen molar-refractivity contribution in [2.24, 2.45) is 0 Å². The summed E-state index contributed by atoms with van der Waals surface area (Å²) < 4.78 is 9.36. The summed E-state index contributed by atoms with van der Waals surface area (Å²) in [5.74, 6) is 0. The van der Waals surface area contributed by atoms with Gasteiger partial charge in [0.25, 0.3) is 0 Å². The van der Waals surface area contributed by atoms with Crippen LogP contribution in [0.3, 0.4) is 0 Å². The van der Waals surface area contributed by atoms with Gasteiger partial charge in [-0.1, -0.05) is 97.1 Å². The predicted molar refractivity (Wildman–Crippen MR) is 212 cm³/mol. The van der Waals surface area contributed by atoms with Crippen molar-refractivity contribution in [1.29, 1.82) is 15.8 Å². The topological polar surface area (TPSA) is 89.4 Å². The summed E-state index contributed by atoms with van der Waals surface area (Å²) in [4.78, 5) is 0. The lowest BCUT2D eigenvalue weighted by Gasteiger charge is -2.13. The summed E-state index contributed by atoms with van der Waals surface area (Å²) in [6.07, 6.45) is 1.65. The van der Waals surface area contributed by atoms with Gasteiger partial charge in [-0.2, -0.15) is 15.8 Å². The summed E-state index contributed by atoms with van der Waals surface area (Å²) in [5, 5.41) is 33.1. The Morgan fingerprint density at radius 1 is 0.566 bits per heavy atom. The van der Waals surface area contributed by atoms with Gasteiger partial charge in [0.15, 0.2) is 0 Å². The third-order valence-corrected chi connectivity index (χ3v) is 10.4. The van der Waals surface area contributed by atoms with Gasteiger partial charge >= 0.3 is 0 Å². The van der Waals surface area contributed by atoms with E-state index in [4.69, 9.17) is 4.42 Å². The van der Waals surface area contributed by atoms with Crippen LogP contribution < -0.4 is 0 Å². The molecule has 0 saturated heterocycles. The second-order valence-corrected chi connectivity index (χ2v) is 13.4. The van der Waals surface area contributed by atoms with Crippen molar-refractivity contribution < 1.29 is 4.42 Å². The van der Waals surface area contributed by atoms with Gasteiger partial charge < -0.3 is 8.98 Å². The lowest BCUT2D eigenvalue weighted by atomic mass is 9.91. The van der Waals surface area contributed by atoms with Crippen LogP contribution in [0.15, 0.2) is 144 Å². The van der Waals surface area contributed by atoms with Crippen LogP contribution in [0.4, 0.5) is 0 Å². The van der Waals surface area contributed by atoms with Crippen LogP contribution in [-0.2, 0) is 12.8 Å². The van der Waals surface area contributed by atoms with Gasteiger partial charge in [0.05, 0.1) is 33.1 Å². The highest BCUT2D eigenvalue weighted by Crippen LogP contribution is 2.44. The fourth-order valence-electron chi connectivity index (χ4n) is 7.87. The molecular weight excluding hydrogens is 649 g/mol. The van der Waals surface area contributed by atoms with Crippen molar-refractivity contribution in [3.8, 4) is 46.1 Å². The van der Waals surface area contributed by atoms with E-state index in [0.717, 1.165) is 84.5 Å². The van der Waals surface area contributed by atoms with E-state index in [-0.39, 0.29) is 16.7 Å². The average Bonchev–Trinajstić information content (AvgIpc) is 3.76. The number of rotatable bonds is 6. The Bertz CT molecular complexity index is 3000.